The van der Waals surface area contributed by atoms with Crippen molar-refractivity contribution in [2.75, 3.05) is 12.5 Å². The maximum atomic E-state index is 12.5. The normalized spacial score (nSPS) is 10.6. The highest BCUT2D eigenvalue weighted by atomic mass is 16.5. The molecule has 1 heterocycles. The molecule has 2 N–H and O–H groups in total. The van der Waals surface area contributed by atoms with E-state index in [0.29, 0.717) is 22.5 Å². The summed E-state index contributed by atoms with van der Waals surface area (Å²) in [5, 5.41) is 10.3. The first kappa shape index (κ1) is 15.5. The number of benzene rings is 2. The zero-order valence-corrected chi connectivity index (χ0v) is 13.1. The minimum atomic E-state index is -0.645. The summed E-state index contributed by atoms with van der Waals surface area (Å²) in [7, 11) is 1.45. The third-order valence-corrected chi connectivity index (χ3v) is 3.61. The first-order valence-electron chi connectivity index (χ1n) is 7.18. The number of carbonyl (C=O) groups is 1. The average Bonchev–Trinajstić information content (AvgIpc) is 2.59. The van der Waals surface area contributed by atoms with Gasteiger partial charge in [-0.2, -0.15) is 0 Å². The van der Waals surface area contributed by atoms with Gasteiger partial charge in [-0.05, 0) is 37.3 Å². The van der Waals surface area contributed by atoms with Crippen LogP contribution in [0.2, 0.25) is 0 Å². The molecule has 0 aliphatic carbocycles. The molecule has 0 spiro atoms. The smallest absolute Gasteiger partial charge is 0.280 e. The number of carbonyl (C=O) groups excluding carboxylic acids is 1. The Kier molecular flexibility index (Phi) is 3.91. The molecule has 0 aliphatic heterocycles. The molecule has 0 saturated heterocycles. The highest BCUT2D eigenvalue weighted by molar-refractivity contribution is 6.02. The quantitative estimate of drug-likeness (QED) is 0.766. The van der Waals surface area contributed by atoms with Gasteiger partial charge in [-0.25, -0.2) is 9.66 Å². The van der Waals surface area contributed by atoms with Crippen molar-refractivity contribution in [2.45, 2.75) is 6.92 Å². The topological polar surface area (TPSA) is 93.4 Å². The molecule has 1 amide bonds. The minimum Gasteiger partial charge on any atom is -0.507 e. The van der Waals surface area contributed by atoms with Crippen LogP contribution in [-0.4, -0.2) is 27.8 Å². The summed E-state index contributed by atoms with van der Waals surface area (Å²) in [5.74, 6) is -0.116. The summed E-state index contributed by atoms with van der Waals surface area (Å²) in [4.78, 5) is 29.3. The van der Waals surface area contributed by atoms with Gasteiger partial charge in [0.15, 0.2) is 0 Å². The van der Waals surface area contributed by atoms with E-state index in [4.69, 9.17) is 4.74 Å². The van der Waals surface area contributed by atoms with Crippen LogP contribution in [0.25, 0.3) is 10.9 Å². The van der Waals surface area contributed by atoms with Crippen molar-refractivity contribution >= 4 is 16.8 Å². The number of ether oxygens (including phenoxy) is 1. The molecule has 0 bridgehead atoms. The van der Waals surface area contributed by atoms with E-state index in [1.165, 1.54) is 25.3 Å². The number of aromatic hydroxyl groups is 1. The van der Waals surface area contributed by atoms with E-state index in [0.717, 1.165) is 4.68 Å². The Balaban J connectivity index is 2.04. The molecule has 3 rings (SSSR count). The lowest BCUT2D eigenvalue weighted by Crippen LogP contribution is -2.35. The van der Waals surface area contributed by atoms with E-state index >= 15 is 0 Å². The number of rotatable bonds is 3. The Morgan fingerprint density at radius 3 is 2.75 bits per heavy atom. The number of aryl methyl sites for hydroxylation is 1. The van der Waals surface area contributed by atoms with Crippen molar-refractivity contribution in [2.24, 2.45) is 0 Å². The first-order valence-corrected chi connectivity index (χ1v) is 7.18. The van der Waals surface area contributed by atoms with Crippen LogP contribution in [0.15, 0.2) is 47.3 Å². The standard InChI is InChI=1S/C17H15N3O4/c1-10-18-14-6-4-3-5-12(14)17(23)20(10)19-16(22)13-9-11(24-2)7-8-15(13)21/h3-9,21H,1-2H3,(H,19,22). The molecule has 24 heavy (non-hydrogen) atoms. The second-order valence-electron chi connectivity index (χ2n) is 5.14. The van der Waals surface area contributed by atoms with Gasteiger partial charge in [0.2, 0.25) is 0 Å². The molecule has 0 radical (unpaired) electrons. The van der Waals surface area contributed by atoms with Gasteiger partial charge >= 0.3 is 0 Å². The number of methoxy groups -OCH3 is 1. The number of para-hydroxylation sites is 1. The second kappa shape index (κ2) is 6.04. The third-order valence-electron chi connectivity index (χ3n) is 3.61. The predicted molar refractivity (Wildman–Crippen MR) is 89.1 cm³/mol. The molecule has 0 saturated carbocycles. The zero-order chi connectivity index (χ0) is 17.3. The Labute approximate surface area is 137 Å². The highest BCUT2D eigenvalue weighted by Gasteiger charge is 2.15. The van der Waals surface area contributed by atoms with Gasteiger partial charge < -0.3 is 9.84 Å². The fourth-order valence-electron chi connectivity index (χ4n) is 2.36. The van der Waals surface area contributed by atoms with E-state index in [9.17, 15) is 14.7 Å². The number of hydrogen-bond donors (Lipinski definition) is 2. The molecule has 7 heteroatoms. The summed E-state index contributed by atoms with van der Waals surface area (Å²) in [6, 6.07) is 11.1. The fraction of sp³-hybridized carbons (Fsp3) is 0.118. The second-order valence-corrected chi connectivity index (χ2v) is 5.14. The summed E-state index contributed by atoms with van der Waals surface area (Å²) >= 11 is 0. The summed E-state index contributed by atoms with van der Waals surface area (Å²) in [6.07, 6.45) is 0. The molecule has 122 valence electrons. The van der Waals surface area contributed by atoms with E-state index in [-0.39, 0.29) is 11.3 Å². The third kappa shape index (κ3) is 2.67. The number of nitrogens with one attached hydrogen (secondary N) is 1. The number of fused-ring (bicyclic) bond motifs is 1. The van der Waals surface area contributed by atoms with Crippen LogP contribution in [0.5, 0.6) is 11.5 Å². The Morgan fingerprint density at radius 2 is 2.00 bits per heavy atom. The maximum Gasteiger partial charge on any atom is 0.280 e. The SMILES string of the molecule is COc1ccc(O)c(C(=O)Nn2c(C)nc3ccccc3c2=O)c1. The number of phenols is 1. The van der Waals surface area contributed by atoms with E-state index in [1.54, 1.807) is 31.2 Å². The van der Waals surface area contributed by atoms with Crippen LogP contribution in [0, 0.1) is 6.92 Å². The Hall–Kier alpha value is -3.35. The zero-order valence-electron chi connectivity index (χ0n) is 13.1. The molecule has 0 atom stereocenters. The van der Waals surface area contributed by atoms with Crippen LogP contribution in [-0.2, 0) is 0 Å². The average molecular weight is 325 g/mol. The maximum absolute atomic E-state index is 12.5. The van der Waals surface area contributed by atoms with Crippen LogP contribution in [0.3, 0.4) is 0 Å². The predicted octanol–water partition coefficient (Wildman–Crippen LogP) is 1.80. The van der Waals surface area contributed by atoms with Gasteiger partial charge in [-0.1, -0.05) is 12.1 Å². The molecule has 0 aliphatic rings. The number of aromatic nitrogens is 2. The van der Waals surface area contributed by atoms with Crippen LogP contribution < -0.4 is 15.7 Å². The number of phenolic OH excluding ortho intramolecular Hbond substituents is 1. The summed E-state index contributed by atoms with van der Waals surface area (Å²) in [6.45, 7) is 1.61. The van der Waals surface area contributed by atoms with Crippen molar-refractivity contribution in [1.29, 1.82) is 0 Å². The molecule has 7 nitrogen and oxygen atoms in total. The van der Waals surface area contributed by atoms with Crippen molar-refractivity contribution in [1.82, 2.24) is 9.66 Å². The van der Waals surface area contributed by atoms with Gasteiger partial charge in [0, 0.05) is 0 Å². The van der Waals surface area contributed by atoms with Crippen molar-refractivity contribution in [3.63, 3.8) is 0 Å². The molecular formula is C17H15N3O4. The van der Waals surface area contributed by atoms with Crippen LogP contribution >= 0.6 is 0 Å². The van der Waals surface area contributed by atoms with Crippen molar-refractivity contribution in [3.05, 3.63) is 64.2 Å². The molecule has 0 unspecified atom stereocenters. The van der Waals surface area contributed by atoms with Gasteiger partial charge in [0.1, 0.15) is 17.3 Å². The van der Waals surface area contributed by atoms with Crippen LogP contribution in [0.1, 0.15) is 16.2 Å². The summed E-state index contributed by atoms with van der Waals surface area (Å²) in [5.41, 5.74) is 2.62. The van der Waals surface area contributed by atoms with Gasteiger partial charge in [0.25, 0.3) is 11.5 Å². The van der Waals surface area contributed by atoms with Gasteiger partial charge in [-0.15, -0.1) is 0 Å². The molecule has 0 fully saturated rings. The van der Waals surface area contributed by atoms with Crippen molar-refractivity contribution < 1.29 is 14.6 Å². The lowest BCUT2D eigenvalue weighted by Gasteiger charge is -2.13. The number of amides is 1. The largest absolute Gasteiger partial charge is 0.507 e. The molecule has 1 aromatic heterocycles. The lowest BCUT2D eigenvalue weighted by molar-refractivity contribution is 0.100. The fourth-order valence-corrected chi connectivity index (χ4v) is 2.36. The van der Waals surface area contributed by atoms with E-state index < -0.39 is 11.5 Å². The van der Waals surface area contributed by atoms with Crippen LogP contribution in [0.4, 0.5) is 0 Å². The number of nitrogens with zero attached hydrogens (tertiary/aromatic N) is 2. The van der Waals surface area contributed by atoms with Crippen molar-refractivity contribution in [3.8, 4) is 11.5 Å². The molecule has 3 aromatic rings. The first-order chi connectivity index (χ1) is 11.5. The monoisotopic (exact) mass is 325 g/mol. The highest BCUT2D eigenvalue weighted by Crippen LogP contribution is 2.22. The number of hydrogen-bond acceptors (Lipinski definition) is 5. The van der Waals surface area contributed by atoms with E-state index in [2.05, 4.69) is 10.4 Å². The Bertz CT molecular complexity index is 995. The minimum absolute atomic E-state index is 0.00573. The van der Waals surface area contributed by atoms with Gasteiger partial charge in [-0.3, -0.25) is 15.0 Å². The lowest BCUT2D eigenvalue weighted by atomic mass is 10.2. The van der Waals surface area contributed by atoms with E-state index in [1.807, 2.05) is 0 Å². The van der Waals surface area contributed by atoms with Gasteiger partial charge in [0.05, 0.1) is 23.6 Å². The molecule has 2 aromatic carbocycles. The Morgan fingerprint density at radius 1 is 1.25 bits per heavy atom. The molecular weight excluding hydrogens is 310 g/mol. The summed E-state index contributed by atoms with van der Waals surface area (Å²) < 4.78 is 6.10.